The van der Waals surface area contributed by atoms with Crippen LogP contribution in [0.25, 0.3) is 0 Å². The van der Waals surface area contributed by atoms with Crippen LogP contribution in [0.3, 0.4) is 0 Å². The van der Waals surface area contributed by atoms with Gasteiger partial charge >= 0.3 is 5.97 Å². The lowest BCUT2D eigenvalue weighted by Gasteiger charge is -2.32. The average Bonchev–Trinajstić information content (AvgIpc) is 2.84. The van der Waals surface area contributed by atoms with E-state index in [2.05, 4.69) is 0 Å². The van der Waals surface area contributed by atoms with Crippen molar-refractivity contribution in [3.8, 4) is 0 Å². The SMILES string of the molecule is CC1=C(C)C[C@@H](C(=O)N2CCCC2)[C@@H](C(=O)O)C1. The van der Waals surface area contributed by atoms with Gasteiger partial charge in [0.1, 0.15) is 0 Å². The molecule has 0 aromatic heterocycles. The zero-order chi connectivity index (χ0) is 13.3. The third-order valence-electron chi connectivity index (χ3n) is 4.32. The molecule has 0 spiro atoms. The highest BCUT2D eigenvalue weighted by atomic mass is 16.4. The molecule has 1 aliphatic heterocycles. The number of rotatable bonds is 2. The first-order valence-corrected chi connectivity index (χ1v) is 6.67. The molecule has 0 aromatic rings. The number of carbonyl (C=O) groups excluding carboxylic acids is 1. The summed E-state index contributed by atoms with van der Waals surface area (Å²) in [5, 5.41) is 9.31. The summed E-state index contributed by atoms with van der Waals surface area (Å²) >= 11 is 0. The monoisotopic (exact) mass is 251 g/mol. The van der Waals surface area contributed by atoms with Crippen LogP contribution in [0.1, 0.15) is 39.5 Å². The Hall–Kier alpha value is -1.32. The van der Waals surface area contributed by atoms with E-state index in [9.17, 15) is 14.7 Å². The van der Waals surface area contributed by atoms with Gasteiger partial charge in [-0.1, -0.05) is 11.1 Å². The van der Waals surface area contributed by atoms with Gasteiger partial charge < -0.3 is 10.0 Å². The van der Waals surface area contributed by atoms with Gasteiger partial charge in [0.2, 0.25) is 5.91 Å². The maximum Gasteiger partial charge on any atom is 0.307 e. The molecule has 0 radical (unpaired) electrons. The minimum atomic E-state index is -0.834. The molecule has 0 saturated carbocycles. The molecular formula is C14H21NO3. The van der Waals surface area contributed by atoms with Crippen molar-refractivity contribution in [2.75, 3.05) is 13.1 Å². The maximum atomic E-state index is 12.4. The van der Waals surface area contributed by atoms with Gasteiger partial charge in [0.05, 0.1) is 11.8 Å². The van der Waals surface area contributed by atoms with Crippen LogP contribution < -0.4 is 0 Å². The van der Waals surface area contributed by atoms with E-state index in [4.69, 9.17) is 0 Å². The maximum absolute atomic E-state index is 12.4. The number of hydrogen-bond acceptors (Lipinski definition) is 2. The Balaban J connectivity index is 2.18. The number of allylic oxidation sites excluding steroid dienone is 2. The summed E-state index contributed by atoms with van der Waals surface area (Å²) in [6, 6.07) is 0. The number of hydrogen-bond donors (Lipinski definition) is 1. The molecule has 2 atom stereocenters. The van der Waals surface area contributed by atoms with Crippen LogP contribution in [0.15, 0.2) is 11.1 Å². The molecule has 1 fully saturated rings. The van der Waals surface area contributed by atoms with Crippen molar-refractivity contribution >= 4 is 11.9 Å². The van der Waals surface area contributed by atoms with E-state index in [1.54, 1.807) is 0 Å². The first-order valence-electron chi connectivity index (χ1n) is 6.67. The minimum absolute atomic E-state index is 0.0479. The van der Waals surface area contributed by atoms with Crippen LogP contribution in [0.4, 0.5) is 0 Å². The standard InChI is InChI=1S/C14H21NO3/c1-9-7-11(12(14(17)18)8-10(9)2)13(16)15-5-3-4-6-15/h11-12H,3-8H2,1-2H3,(H,17,18)/t11-,12+/m1/s1. The first-order chi connectivity index (χ1) is 8.50. The summed E-state index contributed by atoms with van der Waals surface area (Å²) in [7, 11) is 0. The van der Waals surface area contributed by atoms with Crippen molar-refractivity contribution < 1.29 is 14.7 Å². The molecule has 0 unspecified atom stereocenters. The number of carboxylic acid groups (broad SMARTS) is 1. The lowest BCUT2D eigenvalue weighted by molar-refractivity contribution is -0.150. The summed E-state index contributed by atoms with van der Waals surface area (Å²) in [4.78, 5) is 25.6. The summed E-state index contributed by atoms with van der Waals surface area (Å²) in [5.41, 5.74) is 2.32. The fourth-order valence-electron chi connectivity index (χ4n) is 2.98. The summed E-state index contributed by atoms with van der Waals surface area (Å²) in [6.45, 7) is 5.58. The van der Waals surface area contributed by atoms with Gasteiger partial charge in [-0.2, -0.15) is 0 Å². The molecule has 4 heteroatoms. The Labute approximate surface area is 108 Å². The van der Waals surface area contributed by atoms with Crippen LogP contribution in [-0.4, -0.2) is 35.0 Å². The Morgan fingerprint density at radius 3 is 2.06 bits per heavy atom. The molecule has 4 nitrogen and oxygen atoms in total. The van der Waals surface area contributed by atoms with E-state index in [0.29, 0.717) is 12.8 Å². The Morgan fingerprint density at radius 2 is 1.56 bits per heavy atom. The Bertz CT molecular complexity index is 394. The topological polar surface area (TPSA) is 57.6 Å². The van der Waals surface area contributed by atoms with Crippen LogP contribution >= 0.6 is 0 Å². The fourth-order valence-corrected chi connectivity index (χ4v) is 2.98. The van der Waals surface area contributed by atoms with E-state index in [0.717, 1.165) is 31.5 Å². The summed E-state index contributed by atoms with van der Waals surface area (Å²) in [6.07, 6.45) is 3.22. The van der Waals surface area contributed by atoms with Crippen molar-refractivity contribution in [2.45, 2.75) is 39.5 Å². The molecule has 1 aliphatic carbocycles. The molecule has 1 heterocycles. The van der Waals surface area contributed by atoms with Crippen molar-refractivity contribution in [3.05, 3.63) is 11.1 Å². The number of likely N-dealkylation sites (tertiary alicyclic amines) is 1. The number of aliphatic carboxylic acids is 1. The van der Waals surface area contributed by atoms with Crippen molar-refractivity contribution in [1.29, 1.82) is 0 Å². The number of carbonyl (C=O) groups is 2. The quantitative estimate of drug-likeness (QED) is 0.764. The lowest BCUT2D eigenvalue weighted by Crippen LogP contribution is -2.41. The van der Waals surface area contributed by atoms with Gasteiger partial charge in [0, 0.05) is 13.1 Å². The predicted octanol–water partition coefficient (Wildman–Crippen LogP) is 2.06. The van der Waals surface area contributed by atoms with Crippen LogP contribution in [-0.2, 0) is 9.59 Å². The Morgan fingerprint density at radius 1 is 1.06 bits per heavy atom. The summed E-state index contributed by atoms with van der Waals surface area (Å²) < 4.78 is 0. The highest BCUT2D eigenvalue weighted by molar-refractivity contribution is 5.85. The second-order valence-electron chi connectivity index (χ2n) is 5.55. The molecule has 0 aromatic carbocycles. The third-order valence-corrected chi connectivity index (χ3v) is 4.32. The Kier molecular flexibility index (Phi) is 3.73. The van der Waals surface area contributed by atoms with Crippen LogP contribution in [0, 0.1) is 11.8 Å². The van der Waals surface area contributed by atoms with Crippen LogP contribution in [0.5, 0.6) is 0 Å². The van der Waals surface area contributed by atoms with E-state index in [1.165, 1.54) is 5.57 Å². The van der Waals surface area contributed by atoms with Gasteiger partial charge in [-0.15, -0.1) is 0 Å². The molecule has 2 rings (SSSR count). The molecule has 2 aliphatic rings. The lowest BCUT2D eigenvalue weighted by atomic mass is 9.76. The highest BCUT2D eigenvalue weighted by Crippen LogP contribution is 2.35. The second kappa shape index (κ2) is 5.12. The molecule has 1 saturated heterocycles. The minimum Gasteiger partial charge on any atom is -0.481 e. The molecule has 0 bridgehead atoms. The van der Waals surface area contributed by atoms with Gasteiger partial charge in [0.15, 0.2) is 0 Å². The zero-order valence-corrected chi connectivity index (χ0v) is 11.1. The largest absolute Gasteiger partial charge is 0.481 e. The van der Waals surface area contributed by atoms with Gasteiger partial charge in [-0.3, -0.25) is 9.59 Å². The zero-order valence-electron chi connectivity index (χ0n) is 11.1. The number of carboxylic acids is 1. The number of nitrogens with zero attached hydrogens (tertiary/aromatic N) is 1. The van der Waals surface area contributed by atoms with Gasteiger partial charge in [0.25, 0.3) is 0 Å². The van der Waals surface area contributed by atoms with Crippen LogP contribution in [0.2, 0.25) is 0 Å². The van der Waals surface area contributed by atoms with Crippen molar-refractivity contribution in [1.82, 2.24) is 4.90 Å². The smallest absolute Gasteiger partial charge is 0.307 e. The van der Waals surface area contributed by atoms with E-state index in [1.807, 2.05) is 18.7 Å². The predicted molar refractivity (Wildman–Crippen MR) is 68.0 cm³/mol. The first kappa shape index (κ1) is 13.1. The number of amides is 1. The van der Waals surface area contributed by atoms with Gasteiger partial charge in [-0.25, -0.2) is 0 Å². The van der Waals surface area contributed by atoms with E-state index >= 15 is 0 Å². The third kappa shape index (κ3) is 2.42. The normalized spacial score (nSPS) is 28.7. The molecule has 100 valence electrons. The summed E-state index contributed by atoms with van der Waals surface area (Å²) in [5.74, 6) is -1.68. The molecule has 18 heavy (non-hydrogen) atoms. The fraction of sp³-hybridized carbons (Fsp3) is 0.714. The van der Waals surface area contributed by atoms with Gasteiger partial charge in [-0.05, 0) is 39.5 Å². The highest BCUT2D eigenvalue weighted by Gasteiger charge is 2.39. The molecule has 1 amide bonds. The molecule has 1 N–H and O–H groups in total. The van der Waals surface area contributed by atoms with E-state index in [-0.39, 0.29) is 11.8 Å². The van der Waals surface area contributed by atoms with Crippen molar-refractivity contribution in [3.63, 3.8) is 0 Å². The second-order valence-corrected chi connectivity index (χ2v) is 5.55. The average molecular weight is 251 g/mol. The van der Waals surface area contributed by atoms with E-state index < -0.39 is 11.9 Å². The van der Waals surface area contributed by atoms with Crippen molar-refractivity contribution in [2.24, 2.45) is 11.8 Å². The molecular weight excluding hydrogens is 230 g/mol.